The van der Waals surface area contributed by atoms with Crippen LogP contribution in [0.25, 0.3) is 11.0 Å². The lowest BCUT2D eigenvalue weighted by molar-refractivity contribution is 0.591. The second kappa shape index (κ2) is 5.94. The highest BCUT2D eigenvalue weighted by molar-refractivity contribution is 7.90. The number of imidazole rings is 1. The van der Waals surface area contributed by atoms with Crippen LogP contribution in [-0.2, 0) is 16.3 Å². The number of nitrogen functional groups attached to an aromatic ring is 1. The molecular formula is C18H21N3O2S. The number of aromatic nitrogens is 2. The number of sulfone groups is 1. The molecule has 6 heteroatoms. The van der Waals surface area contributed by atoms with E-state index in [4.69, 9.17) is 10.7 Å². The number of fused-ring (bicyclic) bond motifs is 1. The molecule has 24 heavy (non-hydrogen) atoms. The molecule has 0 atom stereocenters. The van der Waals surface area contributed by atoms with Crippen LogP contribution in [0.5, 0.6) is 0 Å². The van der Waals surface area contributed by atoms with Gasteiger partial charge in [0.25, 0.3) is 0 Å². The van der Waals surface area contributed by atoms with Crippen molar-refractivity contribution in [3.8, 4) is 0 Å². The van der Waals surface area contributed by atoms with Gasteiger partial charge in [0.05, 0.1) is 15.9 Å². The minimum absolute atomic E-state index is 0.252. The third kappa shape index (κ3) is 3.14. The molecule has 3 aromatic rings. The first-order valence-corrected chi connectivity index (χ1v) is 9.70. The van der Waals surface area contributed by atoms with Crippen LogP contribution in [-0.4, -0.2) is 24.2 Å². The summed E-state index contributed by atoms with van der Waals surface area (Å²) in [4.78, 5) is 5.06. The third-order valence-corrected chi connectivity index (χ3v) is 5.15. The molecule has 0 bridgehead atoms. The average molecular weight is 343 g/mol. The van der Waals surface area contributed by atoms with Gasteiger partial charge in [-0.1, -0.05) is 12.1 Å². The SMILES string of the molecule is CC(C)n1c(Cc2ccc(S(C)(=O)=O)cc2)nc2ccc(N)cc21. The Kier molecular flexibility index (Phi) is 4.09. The maximum absolute atomic E-state index is 11.6. The smallest absolute Gasteiger partial charge is 0.175 e. The molecule has 0 aliphatic rings. The van der Waals surface area contributed by atoms with Gasteiger partial charge in [0, 0.05) is 24.4 Å². The van der Waals surface area contributed by atoms with Crippen LogP contribution in [0.3, 0.4) is 0 Å². The third-order valence-electron chi connectivity index (χ3n) is 4.02. The largest absolute Gasteiger partial charge is 0.399 e. The van der Waals surface area contributed by atoms with E-state index in [2.05, 4.69) is 18.4 Å². The molecule has 1 heterocycles. The highest BCUT2D eigenvalue weighted by atomic mass is 32.2. The standard InChI is InChI=1S/C18H21N3O2S/c1-12(2)21-17-11-14(19)6-9-16(17)20-18(21)10-13-4-7-15(8-5-13)24(3,22)23/h4-9,11-12H,10,19H2,1-3H3. The average Bonchev–Trinajstić information content (AvgIpc) is 2.84. The number of benzene rings is 2. The van der Waals surface area contributed by atoms with Gasteiger partial charge in [-0.2, -0.15) is 0 Å². The topological polar surface area (TPSA) is 78.0 Å². The summed E-state index contributed by atoms with van der Waals surface area (Å²) in [5.74, 6) is 0.942. The number of rotatable bonds is 4. The maximum atomic E-state index is 11.6. The summed E-state index contributed by atoms with van der Waals surface area (Å²) in [5.41, 5.74) is 9.59. The summed E-state index contributed by atoms with van der Waals surface area (Å²) in [7, 11) is -3.17. The highest BCUT2D eigenvalue weighted by Gasteiger charge is 2.14. The van der Waals surface area contributed by atoms with E-state index < -0.39 is 9.84 Å². The van der Waals surface area contributed by atoms with Gasteiger partial charge < -0.3 is 10.3 Å². The zero-order valence-corrected chi connectivity index (χ0v) is 14.8. The first kappa shape index (κ1) is 16.5. The fraction of sp³-hybridized carbons (Fsp3) is 0.278. The molecule has 5 nitrogen and oxygen atoms in total. The Morgan fingerprint density at radius 2 is 1.79 bits per heavy atom. The van der Waals surface area contributed by atoms with Crippen molar-refractivity contribution in [2.24, 2.45) is 0 Å². The van der Waals surface area contributed by atoms with E-state index in [1.54, 1.807) is 12.1 Å². The Morgan fingerprint density at radius 3 is 2.38 bits per heavy atom. The zero-order valence-electron chi connectivity index (χ0n) is 14.0. The lowest BCUT2D eigenvalue weighted by Crippen LogP contribution is -2.07. The Morgan fingerprint density at radius 1 is 1.12 bits per heavy atom. The van der Waals surface area contributed by atoms with Crippen LogP contribution in [0, 0.1) is 0 Å². The predicted octanol–water partition coefficient (Wildman–Crippen LogP) is 3.19. The van der Waals surface area contributed by atoms with Gasteiger partial charge in [0.1, 0.15) is 5.82 Å². The molecule has 0 aliphatic carbocycles. The molecule has 0 unspecified atom stereocenters. The van der Waals surface area contributed by atoms with Crippen LogP contribution < -0.4 is 5.73 Å². The van der Waals surface area contributed by atoms with Crippen molar-refractivity contribution in [2.45, 2.75) is 31.2 Å². The van der Waals surface area contributed by atoms with Crippen molar-refractivity contribution >= 4 is 26.6 Å². The lowest BCUT2D eigenvalue weighted by Gasteiger charge is -2.13. The summed E-state index contributed by atoms with van der Waals surface area (Å²) in [6, 6.07) is 12.9. The quantitative estimate of drug-likeness (QED) is 0.738. The number of anilines is 1. The summed E-state index contributed by atoms with van der Waals surface area (Å²) in [6.07, 6.45) is 1.85. The fourth-order valence-corrected chi connectivity index (χ4v) is 3.53. The van der Waals surface area contributed by atoms with E-state index >= 15 is 0 Å². The van der Waals surface area contributed by atoms with Crippen molar-refractivity contribution in [1.29, 1.82) is 0 Å². The predicted molar refractivity (Wildman–Crippen MR) is 96.9 cm³/mol. The number of hydrogen-bond acceptors (Lipinski definition) is 4. The van der Waals surface area contributed by atoms with Crippen LogP contribution in [0.4, 0.5) is 5.69 Å². The molecule has 2 N–H and O–H groups in total. The molecule has 126 valence electrons. The Balaban J connectivity index is 2.02. The monoisotopic (exact) mass is 343 g/mol. The molecule has 0 aliphatic heterocycles. The minimum atomic E-state index is -3.17. The van der Waals surface area contributed by atoms with E-state index in [-0.39, 0.29) is 6.04 Å². The van der Waals surface area contributed by atoms with Gasteiger partial charge in [-0.25, -0.2) is 13.4 Å². The van der Waals surface area contributed by atoms with Crippen molar-refractivity contribution in [3.05, 3.63) is 53.9 Å². The van der Waals surface area contributed by atoms with Gasteiger partial charge in [0.2, 0.25) is 0 Å². The van der Waals surface area contributed by atoms with Crippen LogP contribution in [0.1, 0.15) is 31.3 Å². The number of nitrogens with two attached hydrogens (primary N) is 1. The van der Waals surface area contributed by atoms with Gasteiger partial charge in [0.15, 0.2) is 9.84 Å². The van der Waals surface area contributed by atoms with E-state index in [0.717, 1.165) is 22.4 Å². The van der Waals surface area contributed by atoms with Gasteiger partial charge in [-0.05, 0) is 49.7 Å². The summed E-state index contributed by atoms with van der Waals surface area (Å²) in [6.45, 7) is 4.22. The summed E-state index contributed by atoms with van der Waals surface area (Å²) in [5, 5.41) is 0. The molecular weight excluding hydrogens is 322 g/mol. The van der Waals surface area contributed by atoms with Crippen LogP contribution in [0.2, 0.25) is 0 Å². The molecule has 0 fully saturated rings. The number of nitrogens with zero attached hydrogens (tertiary/aromatic N) is 2. The van der Waals surface area contributed by atoms with E-state index in [1.165, 1.54) is 6.26 Å². The maximum Gasteiger partial charge on any atom is 0.175 e. The first-order chi connectivity index (χ1) is 11.3. The van der Waals surface area contributed by atoms with Crippen LogP contribution in [0.15, 0.2) is 47.4 Å². The Hall–Kier alpha value is -2.34. The van der Waals surface area contributed by atoms with Crippen molar-refractivity contribution in [2.75, 3.05) is 12.0 Å². The van der Waals surface area contributed by atoms with Gasteiger partial charge in [-0.3, -0.25) is 0 Å². The summed E-state index contributed by atoms with van der Waals surface area (Å²) >= 11 is 0. The molecule has 3 rings (SSSR count). The Labute approximate surface area is 142 Å². The molecule has 1 aromatic heterocycles. The first-order valence-electron chi connectivity index (χ1n) is 7.81. The molecule has 0 saturated heterocycles. The summed E-state index contributed by atoms with van der Waals surface area (Å²) < 4.78 is 25.3. The number of hydrogen-bond donors (Lipinski definition) is 1. The highest BCUT2D eigenvalue weighted by Crippen LogP contribution is 2.25. The lowest BCUT2D eigenvalue weighted by atomic mass is 10.1. The second-order valence-corrected chi connectivity index (χ2v) is 8.35. The molecule has 0 amide bonds. The van der Waals surface area contributed by atoms with Crippen molar-refractivity contribution in [3.63, 3.8) is 0 Å². The molecule has 2 aromatic carbocycles. The fourth-order valence-electron chi connectivity index (χ4n) is 2.90. The second-order valence-electron chi connectivity index (χ2n) is 6.33. The van der Waals surface area contributed by atoms with E-state index in [1.807, 2.05) is 30.3 Å². The van der Waals surface area contributed by atoms with E-state index in [0.29, 0.717) is 17.0 Å². The molecule has 0 spiro atoms. The van der Waals surface area contributed by atoms with Gasteiger partial charge >= 0.3 is 0 Å². The zero-order chi connectivity index (χ0) is 17.5. The van der Waals surface area contributed by atoms with Crippen LogP contribution >= 0.6 is 0 Å². The van der Waals surface area contributed by atoms with E-state index in [9.17, 15) is 8.42 Å². The molecule has 0 saturated carbocycles. The minimum Gasteiger partial charge on any atom is -0.399 e. The van der Waals surface area contributed by atoms with Crippen molar-refractivity contribution in [1.82, 2.24) is 9.55 Å². The van der Waals surface area contributed by atoms with Gasteiger partial charge in [-0.15, -0.1) is 0 Å². The Bertz CT molecular complexity index is 987. The van der Waals surface area contributed by atoms with Crippen molar-refractivity contribution < 1.29 is 8.42 Å². The molecule has 0 radical (unpaired) electrons. The normalized spacial score (nSPS) is 12.2.